The number of hydrogen-bond donors (Lipinski definition) is 2. The van der Waals surface area contributed by atoms with Crippen LogP contribution in [-0.4, -0.2) is 33.8 Å². The van der Waals surface area contributed by atoms with E-state index in [1.165, 1.54) is 5.56 Å². The van der Waals surface area contributed by atoms with Crippen molar-refractivity contribution in [3.8, 4) is 17.2 Å². The second-order valence-corrected chi connectivity index (χ2v) is 6.82. The van der Waals surface area contributed by atoms with Gasteiger partial charge in [-0.05, 0) is 29.2 Å². The Balaban J connectivity index is 1.96. The summed E-state index contributed by atoms with van der Waals surface area (Å²) in [5.41, 5.74) is 2.04. The van der Waals surface area contributed by atoms with Crippen LogP contribution >= 0.6 is 0 Å². The normalized spacial score (nSPS) is 11.8. The summed E-state index contributed by atoms with van der Waals surface area (Å²) in [6.07, 6.45) is 0. The Labute approximate surface area is 167 Å². The topological polar surface area (TPSA) is 68.8 Å². The number of methoxy groups -OCH3 is 3. The van der Waals surface area contributed by atoms with E-state index in [9.17, 15) is 4.79 Å². The largest absolute Gasteiger partial charge is 0.493 e. The predicted octanol–water partition coefficient (Wildman–Crippen LogP) is 3.32. The van der Waals surface area contributed by atoms with Crippen molar-refractivity contribution in [2.45, 2.75) is 26.4 Å². The highest BCUT2D eigenvalue weighted by Gasteiger charge is 2.17. The average molecular weight is 386 g/mol. The molecule has 2 aromatic carbocycles. The van der Waals surface area contributed by atoms with E-state index in [-0.39, 0.29) is 18.5 Å². The van der Waals surface area contributed by atoms with Gasteiger partial charge in [-0.15, -0.1) is 0 Å². The zero-order chi connectivity index (χ0) is 20.5. The second kappa shape index (κ2) is 10.6. The summed E-state index contributed by atoms with van der Waals surface area (Å²) in [5.74, 6) is 1.95. The van der Waals surface area contributed by atoms with Crippen molar-refractivity contribution in [2.24, 2.45) is 5.92 Å². The van der Waals surface area contributed by atoms with Crippen molar-refractivity contribution in [2.75, 3.05) is 27.9 Å². The summed E-state index contributed by atoms with van der Waals surface area (Å²) < 4.78 is 16.0. The molecule has 2 N–H and O–H groups in total. The highest BCUT2D eigenvalue weighted by Crippen LogP contribution is 2.38. The van der Waals surface area contributed by atoms with Crippen LogP contribution in [0.3, 0.4) is 0 Å². The molecular formula is C22H30N2O4. The zero-order valence-electron chi connectivity index (χ0n) is 17.2. The SMILES string of the molecule is COc1cc(CNC(=O)CN[C@H](c2ccccc2)C(C)C)cc(OC)c1OC. The van der Waals surface area contributed by atoms with Gasteiger partial charge >= 0.3 is 0 Å². The molecule has 1 amide bonds. The van der Waals surface area contributed by atoms with Crippen LogP contribution in [0.25, 0.3) is 0 Å². The number of ether oxygens (including phenoxy) is 3. The molecule has 6 heteroatoms. The van der Waals surface area contributed by atoms with Crippen LogP contribution in [0.5, 0.6) is 17.2 Å². The van der Waals surface area contributed by atoms with Crippen molar-refractivity contribution >= 4 is 5.91 Å². The van der Waals surface area contributed by atoms with Crippen molar-refractivity contribution < 1.29 is 19.0 Å². The molecule has 2 aromatic rings. The lowest BCUT2D eigenvalue weighted by Crippen LogP contribution is -2.37. The molecule has 0 aromatic heterocycles. The fraction of sp³-hybridized carbons (Fsp3) is 0.409. The lowest BCUT2D eigenvalue weighted by Gasteiger charge is -2.22. The van der Waals surface area contributed by atoms with Gasteiger partial charge in [0.25, 0.3) is 0 Å². The first-order valence-corrected chi connectivity index (χ1v) is 9.34. The molecule has 2 rings (SSSR count). The van der Waals surface area contributed by atoms with Crippen molar-refractivity contribution in [3.05, 3.63) is 53.6 Å². The van der Waals surface area contributed by atoms with Crippen LogP contribution in [0, 0.1) is 5.92 Å². The van der Waals surface area contributed by atoms with Crippen molar-refractivity contribution in [1.29, 1.82) is 0 Å². The molecule has 0 aliphatic rings. The maximum Gasteiger partial charge on any atom is 0.234 e. The van der Waals surface area contributed by atoms with Gasteiger partial charge in [0.05, 0.1) is 27.9 Å². The van der Waals surface area contributed by atoms with E-state index >= 15 is 0 Å². The first kappa shape index (κ1) is 21.6. The van der Waals surface area contributed by atoms with Crippen LogP contribution in [0.1, 0.15) is 31.0 Å². The van der Waals surface area contributed by atoms with Crippen LogP contribution in [0.2, 0.25) is 0 Å². The molecule has 0 saturated carbocycles. The second-order valence-electron chi connectivity index (χ2n) is 6.82. The first-order valence-electron chi connectivity index (χ1n) is 9.34. The number of carbonyl (C=O) groups is 1. The number of hydrogen-bond acceptors (Lipinski definition) is 5. The van der Waals surface area contributed by atoms with Gasteiger partial charge in [-0.2, -0.15) is 0 Å². The smallest absolute Gasteiger partial charge is 0.234 e. The first-order chi connectivity index (χ1) is 13.5. The number of carbonyl (C=O) groups excluding carboxylic acids is 1. The standard InChI is InChI=1S/C22H30N2O4/c1-15(2)21(17-9-7-6-8-10-17)24-14-20(25)23-13-16-11-18(26-3)22(28-5)19(12-16)27-4/h6-12,15,21,24H,13-14H2,1-5H3,(H,23,25)/t21-/m0/s1. The van der Waals surface area contributed by atoms with Gasteiger partial charge < -0.3 is 24.8 Å². The Morgan fingerprint density at radius 2 is 1.57 bits per heavy atom. The average Bonchev–Trinajstić information content (AvgIpc) is 2.71. The van der Waals surface area contributed by atoms with Crippen molar-refractivity contribution in [1.82, 2.24) is 10.6 Å². The van der Waals surface area contributed by atoms with Crippen LogP contribution in [0.4, 0.5) is 0 Å². The van der Waals surface area contributed by atoms with E-state index in [0.29, 0.717) is 29.7 Å². The predicted molar refractivity (Wildman–Crippen MR) is 110 cm³/mol. The summed E-state index contributed by atoms with van der Waals surface area (Å²) in [5, 5.41) is 6.28. The number of amides is 1. The van der Waals surface area contributed by atoms with Gasteiger partial charge in [0.15, 0.2) is 11.5 Å². The Kier molecular flexibility index (Phi) is 8.14. The Morgan fingerprint density at radius 3 is 2.07 bits per heavy atom. The quantitative estimate of drug-likeness (QED) is 0.656. The molecule has 1 atom stereocenters. The third-order valence-electron chi connectivity index (χ3n) is 4.52. The lowest BCUT2D eigenvalue weighted by molar-refractivity contribution is -0.120. The summed E-state index contributed by atoms with van der Waals surface area (Å²) >= 11 is 0. The van der Waals surface area contributed by atoms with Crippen molar-refractivity contribution in [3.63, 3.8) is 0 Å². The summed E-state index contributed by atoms with van der Waals surface area (Å²) in [7, 11) is 4.70. The maximum absolute atomic E-state index is 12.3. The Hall–Kier alpha value is -2.73. The third-order valence-corrected chi connectivity index (χ3v) is 4.52. The molecular weight excluding hydrogens is 356 g/mol. The summed E-state index contributed by atoms with van der Waals surface area (Å²) in [4.78, 5) is 12.3. The van der Waals surface area contributed by atoms with E-state index in [0.717, 1.165) is 5.56 Å². The van der Waals surface area contributed by atoms with Gasteiger partial charge in [0, 0.05) is 12.6 Å². The number of benzene rings is 2. The molecule has 152 valence electrons. The van der Waals surface area contributed by atoms with Gasteiger partial charge in [-0.1, -0.05) is 44.2 Å². The highest BCUT2D eigenvalue weighted by molar-refractivity contribution is 5.78. The highest BCUT2D eigenvalue weighted by atomic mass is 16.5. The Bertz CT molecular complexity index is 737. The third kappa shape index (κ3) is 5.63. The minimum absolute atomic E-state index is 0.0738. The molecule has 28 heavy (non-hydrogen) atoms. The van der Waals surface area contributed by atoms with E-state index < -0.39 is 0 Å². The summed E-state index contributed by atoms with van der Waals surface area (Å²) in [6, 6.07) is 13.9. The molecule has 0 bridgehead atoms. The van der Waals surface area contributed by atoms with Crippen LogP contribution in [-0.2, 0) is 11.3 Å². The van der Waals surface area contributed by atoms with Crippen LogP contribution in [0.15, 0.2) is 42.5 Å². The summed E-state index contributed by atoms with van der Waals surface area (Å²) in [6.45, 7) is 4.88. The molecule has 0 spiro atoms. The molecule has 0 aliphatic carbocycles. The Morgan fingerprint density at radius 1 is 0.964 bits per heavy atom. The molecule has 0 unspecified atom stereocenters. The number of nitrogens with one attached hydrogen (secondary N) is 2. The minimum atomic E-state index is -0.0738. The van der Waals surface area contributed by atoms with E-state index in [1.54, 1.807) is 21.3 Å². The van der Waals surface area contributed by atoms with E-state index in [4.69, 9.17) is 14.2 Å². The molecule has 0 fully saturated rings. The monoisotopic (exact) mass is 386 g/mol. The number of rotatable bonds is 10. The van der Waals surface area contributed by atoms with Gasteiger partial charge in [-0.3, -0.25) is 4.79 Å². The zero-order valence-corrected chi connectivity index (χ0v) is 17.2. The van der Waals surface area contributed by atoms with E-state index in [1.807, 2.05) is 30.3 Å². The lowest BCUT2D eigenvalue weighted by atomic mass is 9.96. The molecule has 0 radical (unpaired) electrons. The van der Waals surface area contributed by atoms with Gasteiger partial charge in [0.2, 0.25) is 11.7 Å². The van der Waals surface area contributed by atoms with Gasteiger partial charge in [0.1, 0.15) is 0 Å². The molecule has 0 saturated heterocycles. The van der Waals surface area contributed by atoms with Gasteiger partial charge in [-0.25, -0.2) is 0 Å². The van der Waals surface area contributed by atoms with E-state index in [2.05, 4.69) is 36.6 Å². The van der Waals surface area contributed by atoms with Crippen LogP contribution < -0.4 is 24.8 Å². The minimum Gasteiger partial charge on any atom is -0.493 e. The molecule has 0 aliphatic heterocycles. The maximum atomic E-state index is 12.3. The molecule has 6 nitrogen and oxygen atoms in total. The fourth-order valence-corrected chi connectivity index (χ4v) is 3.10. The fourth-order valence-electron chi connectivity index (χ4n) is 3.10. The molecule has 0 heterocycles.